The molecular formula is C17H20ClN3O6. The molecule has 0 N–H and O–H groups in total. The van der Waals surface area contributed by atoms with E-state index in [1.165, 1.54) is 43.1 Å². The van der Waals surface area contributed by atoms with Gasteiger partial charge in [-0.25, -0.2) is 9.59 Å². The van der Waals surface area contributed by atoms with E-state index >= 15 is 0 Å². The zero-order valence-electron chi connectivity index (χ0n) is 15.4. The monoisotopic (exact) mass is 397 g/mol. The summed E-state index contributed by atoms with van der Waals surface area (Å²) in [6, 6.07) is 2.97. The van der Waals surface area contributed by atoms with E-state index in [1.807, 2.05) is 0 Å². The number of nitro benzene ring substituents is 1. The van der Waals surface area contributed by atoms with Crippen LogP contribution in [0.2, 0.25) is 5.02 Å². The second kappa shape index (κ2) is 8.36. The summed E-state index contributed by atoms with van der Waals surface area (Å²) in [5.74, 6) is -0.627. The van der Waals surface area contributed by atoms with Gasteiger partial charge in [-0.15, -0.1) is 0 Å². The number of carbonyl (C=O) groups is 2. The van der Waals surface area contributed by atoms with E-state index in [9.17, 15) is 19.7 Å². The molecule has 1 aliphatic heterocycles. The Bertz CT molecular complexity index is 810. The Morgan fingerprint density at radius 3 is 2.59 bits per heavy atom. The van der Waals surface area contributed by atoms with E-state index in [0.29, 0.717) is 11.3 Å². The van der Waals surface area contributed by atoms with Crippen molar-refractivity contribution in [3.8, 4) is 0 Å². The smallest absolute Gasteiger partial charge is 0.338 e. The minimum Gasteiger partial charge on any atom is -0.460 e. The molecule has 9 nitrogen and oxygen atoms in total. The largest absolute Gasteiger partial charge is 0.460 e. The zero-order valence-corrected chi connectivity index (χ0v) is 16.1. The number of hydrogen-bond donors (Lipinski definition) is 0. The molecule has 1 aromatic rings. The van der Waals surface area contributed by atoms with Gasteiger partial charge in [0.15, 0.2) is 0 Å². The first-order valence-corrected chi connectivity index (χ1v) is 8.39. The number of allylic oxidation sites excluding steroid dienone is 1. The molecule has 1 aromatic carbocycles. The molecule has 0 aliphatic carbocycles. The predicted octanol–water partition coefficient (Wildman–Crippen LogP) is 2.75. The van der Waals surface area contributed by atoms with Crippen LogP contribution < -0.4 is 0 Å². The van der Waals surface area contributed by atoms with Gasteiger partial charge in [-0.2, -0.15) is 0 Å². The number of nitrogens with zero attached hydrogens (tertiary/aromatic N) is 3. The van der Waals surface area contributed by atoms with Gasteiger partial charge in [0, 0.05) is 33.0 Å². The topological polar surface area (TPSA) is 102 Å². The number of carbonyl (C=O) groups excluding carboxylic acids is 2. The molecule has 0 fully saturated rings. The lowest BCUT2D eigenvalue weighted by Crippen LogP contribution is -2.47. The SMILES string of the molecule is COCCOC(=O)C1=C(C)N(C)C(=O)N(C)[C@@H]1c1ccc(Cl)c([N+](=O)[O-])c1. The van der Waals surface area contributed by atoms with Gasteiger partial charge in [0.05, 0.1) is 23.1 Å². The third-order valence-electron chi connectivity index (χ3n) is 4.37. The van der Waals surface area contributed by atoms with Crippen molar-refractivity contribution in [3.05, 3.63) is 50.2 Å². The fourth-order valence-corrected chi connectivity index (χ4v) is 3.03. The first-order valence-electron chi connectivity index (χ1n) is 8.01. The van der Waals surface area contributed by atoms with Crippen LogP contribution in [0.25, 0.3) is 0 Å². The average molecular weight is 398 g/mol. The van der Waals surface area contributed by atoms with Crippen molar-refractivity contribution in [1.82, 2.24) is 9.80 Å². The maximum atomic E-state index is 12.7. The van der Waals surface area contributed by atoms with E-state index in [1.54, 1.807) is 13.0 Å². The van der Waals surface area contributed by atoms with Crippen molar-refractivity contribution in [3.63, 3.8) is 0 Å². The number of amides is 2. The van der Waals surface area contributed by atoms with Crippen molar-refractivity contribution in [2.75, 3.05) is 34.4 Å². The Morgan fingerprint density at radius 2 is 2.00 bits per heavy atom. The van der Waals surface area contributed by atoms with Crippen molar-refractivity contribution < 1.29 is 24.0 Å². The molecule has 1 heterocycles. The summed E-state index contributed by atoms with van der Waals surface area (Å²) in [5, 5.41) is 11.2. The van der Waals surface area contributed by atoms with Crippen LogP contribution in [0.1, 0.15) is 18.5 Å². The summed E-state index contributed by atoms with van der Waals surface area (Å²) in [6.07, 6.45) is 0. The maximum Gasteiger partial charge on any atom is 0.338 e. The summed E-state index contributed by atoms with van der Waals surface area (Å²) in [4.78, 5) is 38.5. The van der Waals surface area contributed by atoms with Gasteiger partial charge < -0.3 is 19.3 Å². The highest BCUT2D eigenvalue weighted by molar-refractivity contribution is 6.32. The standard InChI is InChI=1S/C17H20ClN3O6/c1-10-14(16(22)27-8-7-26-4)15(20(3)17(23)19(10)2)11-5-6-12(18)13(9-11)21(24)25/h5-6,9,15H,7-8H2,1-4H3/t15-/m1/s1. The highest BCUT2D eigenvalue weighted by Gasteiger charge is 2.39. The van der Waals surface area contributed by atoms with Crippen LogP contribution in [0, 0.1) is 10.1 Å². The number of likely N-dealkylation sites (N-methyl/N-ethyl adjacent to an activating group) is 1. The zero-order chi connectivity index (χ0) is 20.3. The van der Waals surface area contributed by atoms with Crippen LogP contribution in [-0.4, -0.2) is 61.1 Å². The number of hydrogen-bond acceptors (Lipinski definition) is 6. The maximum absolute atomic E-state index is 12.7. The molecule has 0 unspecified atom stereocenters. The molecule has 10 heteroatoms. The lowest BCUT2D eigenvalue weighted by atomic mass is 9.93. The van der Waals surface area contributed by atoms with Crippen LogP contribution in [0.15, 0.2) is 29.5 Å². The molecule has 0 spiro atoms. The predicted molar refractivity (Wildman–Crippen MR) is 97.3 cm³/mol. The Labute approximate surface area is 161 Å². The number of nitro groups is 1. The van der Waals surface area contributed by atoms with Gasteiger partial charge in [0.2, 0.25) is 0 Å². The summed E-state index contributed by atoms with van der Waals surface area (Å²) >= 11 is 5.88. The van der Waals surface area contributed by atoms with Gasteiger partial charge >= 0.3 is 12.0 Å². The van der Waals surface area contributed by atoms with Crippen molar-refractivity contribution in [2.24, 2.45) is 0 Å². The number of methoxy groups -OCH3 is 1. The molecule has 27 heavy (non-hydrogen) atoms. The third-order valence-corrected chi connectivity index (χ3v) is 4.69. The molecule has 0 saturated carbocycles. The second-order valence-corrected chi connectivity index (χ2v) is 6.36. The van der Waals surface area contributed by atoms with Gasteiger partial charge in [-0.3, -0.25) is 10.1 Å². The molecule has 0 aromatic heterocycles. The van der Waals surface area contributed by atoms with Crippen LogP contribution >= 0.6 is 11.6 Å². The third kappa shape index (κ3) is 4.04. The molecule has 146 valence electrons. The minimum absolute atomic E-state index is 0.0319. The lowest BCUT2D eigenvalue weighted by molar-refractivity contribution is -0.384. The molecule has 0 radical (unpaired) electrons. The lowest BCUT2D eigenvalue weighted by Gasteiger charge is -2.39. The number of halogens is 1. The summed E-state index contributed by atoms with van der Waals surface area (Å²) in [6.45, 7) is 1.88. The fourth-order valence-electron chi connectivity index (χ4n) is 2.85. The molecule has 1 atom stereocenters. The average Bonchev–Trinajstić information content (AvgIpc) is 2.63. The molecule has 2 amide bonds. The van der Waals surface area contributed by atoms with Gasteiger partial charge in [-0.1, -0.05) is 17.7 Å². The van der Waals surface area contributed by atoms with Crippen LogP contribution in [0.3, 0.4) is 0 Å². The number of urea groups is 1. The molecule has 0 saturated heterocycles. The van der Waals surface area contributed by atoms with Crippen LogP contribution in [-0.2, 0) is 14.3 Å². The van der Waals surface area contributed by atoms with Crippen LogP contribution in [0.4, 0.5) is 10.5 Å². The molecule has 1 aliphatic rings. The van der Waals surface area contributed by atoms with E-state index < -0.39 is 16.9 Å². The number of esters is 1. The molecule has 0 bridgehead atoms. The summed E-state index contributed by atoms with van der Waals surface area (Å²) in [5.41, 5.74) is 0.697. The Kier molecular flexibility index (Phi) is 6.40. The Balaban J connectivity index is 2.55. The Morgan fingerprint density at radius 1 is 1.33 bits per heavy atom. The number of rotatable bonds is 6. The molecular weight excluding hydrogens is 378 g/mol. The highest BCUT2D eigenvalue weighted by Crippen LogP contribution is 2.38. The number of ether oxygens (including phenoxy) is 2. The highest BCUT2D eigenvalue weighted by atomic mass is 35.5. The fraction of sp³-hybridized carbons (Fsp3) is 0.412. The number of benzene rings is 1. The van der Waals surface area contributed by atoms with Gasteiger partial charge in [0.1, 0.15) is 11.6 Å². The van der Waals surface area contributed by atoms with Crippen LogP contribution in [0.5, 0.6) is 0 Å². The first-order chi connectivity index (χ1) is 12.7. The van der Waals surface area contributed by atoms with Gasteiger partial charge in [0.25, 0.3) is 5.69 Å². The van der Waals surface area contributed by atoms with E-state index in [0.717, 1.165) is 0 Å². The quantitative estimate of drug-likeness (QED) is 0.316. The van der Waals surface area contributed by atoms with E-state index in [2.05, 4.69) is 0 Å². The van der Waals surface area contributed by atoms with Crippen molar-refractivity contribution in [2.45, 2.75) is 13.0 Å². The first kappa shape index (κ1) is 20.7. The normalized spacial score (nSPS) is 17.4. The van der Waals surface area contributed by atoms with E-state index in [4.69, 9.17) is 21.1 Å². The summed E-state index contributed by atoms with van der Waals surface area (Å²) in [7, 11) is 4.53. The van der Waals surface area contributed by atoms with Crippen molar-refractivity contribution in [1.29, 1.82) is 0 Å². The van der Waals surface area contributed by atoms with E-state index in [-0.39, 0.29) is 35.5 Å². The van der Waals surface area contributed by atoms with Gasteiger partial charge in [-0.05, 0) is 18.6 Å². The van der Waals surface area contributed by atoms with Crippen molar-refractivity contribution >= 4 is 29.3 Å². The summed E-state index contributed by atoms with van der Waals surface area (Å²) < 4.78 is 10.1. The Hall–Kier alpha value is -2.65. The second-order valence-electron chi connectivity index (χ2n) is 5.95. The molecule has 2 rings (SSSR count). The minimum atomic E-state index is -0.847.